The van der Waals surface area contributed by atoms with E-state index in [9.17, 15) is 19.2 Å². The van der Waals surface area contributed by atoms with Crippen molar-refractivity contribution in [2.75, 3.05) is 6.54 Å². The molecule has 0 saturated heterocycles. The van der Waals surface area contributed by atoms with Crippen molar-refractivity contribution >= 4 is 23.9 Å². The van der Waals surface area contributed by atoms with Crippen LogP contribution >= 0.6 is 0 Å². The summed E-state index contributed by atoms with van der Waals surface area (Å²) in [6, 6.07) is 11.6. The molecule has 0 bridgehead atoms. The van der Waals surface area contributed by atoms with Crippen LogP contribution in [0, 0.1) is 0 Å². The predicted octanol–water partition coefficient (Wildman–Crippen LogP) is 0.608. The van der Waals surface area contributed by atoms with E-state index in [-0.39, 0.29) is 19.3 Å². The number of carbonyl (C=O) groups is 4. The van der Waals surface area contributed by atoms with Gasteiger partial charge in [-0.05, 0) is 25.8 Å². The van der Waals surface area contributed by atoms with Gasteiger partial charge in [-0.25, -0.2) is 4.79 Å². The lowest BCUT2D eigenvalue weighted by atomic mass is 10.1. The Morgan fingerprint density at radius 1 is 1.00 bits per heavy atom. The van der Waals surface area contributed by atoms with E-state index in [1.807, 2.05) is 37.3 Å². The Hall–Kier alpha value is -3.95. The molecule has 1 aromatic heterocycles. The molecule has 1 aromatic carbocycles. The van der Waals surface area contributed by atoms with Crippen LogP contribution in [0.2, 0.25) is 0 Å². The van der Waals surface area contributed by atoms with Crippen LogP contribution in [0.4, 0.5) is 4.79 Å². The third-order valence-corrected chi connectivity index (χ3v) is 4.40. The molecule has 0 unspecified atom stereocenters. The van der Waals surface area contributed by atoms with E-state index in [4.69, 9.17) is 9.84 Å². The maximum atomic E-state index is 12.1. The molecule has 0 spiro atoms. The Morgan fingerprint density at radius 3 is 2.28 bits per heavy atom. The number of pyridine rings is 1. The number of carbonyl (C=O) groups excluding carboxylic acids is 3. The lowest BCUT2D eigenvalue weighted by Crippen LogP contribution is -2.44. The zero-order valence-electron chi connectivity index (χ0n) is 17.9. The van der Waals surface area contributed by atoms with E-state index in [1.54, 1.807) is 17.0 Å². The fraction of sp³-hybridized carbons (Fsp3) is 0.318. The van der Waals surface area contributed by atoms with Gasteiger partial charge >= 0.3 is 12.1 Å². The minimum Gasteiger partial charge on any atom is -0.480 e. The van der Waals surface area contributed by atoms with Gasteiger partial charge in [0, 0.05) is 18.2 Å². The standard InChI is InChI=1S/C22H26N4O6/c1-15(12-17-6-4-3-5-7-17)24-22(31)32-14-26-10-8-18(9-11-26)20(28)23-13-19(27)25-16(2)21(29)30/h3-11,15-16H,12-14H2,1-2H3,(H3-,23,24,25,27,28,29,30,31)/p+1/t15-,16-/m0/s1. The average Bonchev–Trinajstić information content (AvgIpc) is 2.77. The van der Waals surface area contributed by atoms with Crippen LogP contribution in [0.1, 0.15) is 29.8 Å². The molecular formula is C22H27N4O6+. The molecule has 0 aliphatic rings. The number of hydrogen-bond acceptors (Lipinski definition) is 5. The quantitative estimate of drug-likeness (QED) is 0.397. The van der Waals surface area contributed by atoms with E-state index < -0.39 is 29.9 Å². The summed E-state index contributed by atoms with van der Waals surface area (Å²) in [5.74, 6) is -2.28. The number of carboxylic acids is 1. The number of benzene rings is 1. The fourth-order valence-corrected chi connectivity index (χ4v) is 2.71. The third-order valence-electron chi connectivity index (χ3n) is 4.40. The molecule has 2 aromatic rings. The summed E-state index contributed by atoms with van der Waals surface area (Å²) in [5.41, 5.74) is 1.40. The van der Waals surface area contributed by atoms with Crippen LogP contribution in [0.5, 0.6) is 0 Å². The number of amides is 3. The molecule has 0 aliphatic heterocycles. The number of carboxylic acid groups (broad SMARTS) is 1. The lowest BCUT2D eigenvalue weighted by Gasteiger charge is -2.13. The highest BCUT2D eigenvalue weighted by atomic mass is 16.6. The average molecular weight is 443 g/mol. The molecule has 1 heterocycles. The second-order valence-corrected chi connectivity index (χ2v) is 7.21. The molecule has 10 nitrogen and oxygen atoms in total. The molecule has 2 atom stereocenters. The SMILES string of the molecule is C[C@H](NC(=O)CNC(=O)c1cc[n+](COC(=O)N[C@@H](C)Cc2ccccc2)cc1)C(=O)O. The first kappa shape index (κ1) is 24.3. The maximum Gasteiger partial charge on any atom is 0.412 e. The summed E-state index contributed by atoms with van der Waals surface area (Å²) in [5, 5.41) is 16.2. The van der Waals surface area contributed by atoms with Gasteiger partial charge in [-0.3, -0.25) is 14.4 Å². The van der Waals surface area contributed by atoms with Gasteiger partial charge in [0.1, 0.15) is 6.04 Å². The Balaban J connectivity index is 1.73. The normalized spacial score (nSPS) is 12.2. The Labute approximate surface area is 185 Å². The molecule has 32 heavy (non-hydrogen) atoms. The number of aromatic nitrogens is 1. The van der Waals surface area contributed by atoms with E-state index in [0.29, 0.717) is 12.0 Å². The minimum atomic E-state index is -1.17. The van der Waals surface area contributed by atoms with E-state index in [2.05, 4.69) is 16.0 Å². The number of ether oxygens (including phenoxy) is 1. The maximum absolute atomic E-state index is 12.1. The number of nitrogens with one attached hydrogen (secondary N) is 3. The van der Waals surface area contributed by atoms with Crippen LogP contribution in [0.25, 0.3) is 0 Å². The Bertz CT molecular complexity index is 933. The Kier molecular flexibility index (Phi) is 9.15. The van der Waals surface area contributed by atoms with Crippen molar-refractivity contribution in [3.8, 4) is 0 Å². The first-order chi connectivity index (χ1) is 15.2. The molecular weight excluding hydrogens is 416 g/mol. The smallest absolute Gasteiger partial charge is 0.412 e. The van der Waals surface area contributed by atoms with Gasteiger partial charge in [0.2, 0.25) is 5.91 Å². The number of nitrogens with zero attached hydrogens (tertiary/aromatic N) is 1. The van der Waals surface area contributed by atoms with Crippen molar-refractivity contribution in [3.63, 3.8) is 0 Å². The molecule has 10 heteroatoms. The van der Waals surface area contributed by atoms with Crippen LogP contribution in [-0.4, -0.2) is 47.6 Å². The summed E-state index contributed by atoms with van der Waals surface area (Å²) in [7, 11) is 0. The first-order valence-corrected chi connectivity index (χ1v) is 10.0. The van der Waals surface area contributed by atoms with E-state index in [0.717, 1.165) is 5.56 Å². The molecule has 4 N–H and O–H groups in total. The summed E-state index contributed by atoms with van der Waals surface area (Å²) in [6.45, 7) is 2.82. The van der Waals surface area contributed by atoms with E-state index in [1.165, 1.54) is 19.1 Å². The van der Waals surface area contributed by atoms with Gasteiger partial charge < -0.3 is 25.8 Å². The largest absolute Gasteiger partial charge is 0.480 e. The van der Waals surface area contributed by atoms with Gasteiger partial charge in [-0.1, -0.05) is 30.3 Å². The predicted molar refractivity (Wildman–Crippen MR) is 113 cm³/mol. The van der Waals surface area contributed by atoms with Gasteiger partial charge in [-0.15, -0.1) is 0 Å². The van der Waals surface area contributed by atoms with Crippen LogP contribution < -0.4 is 20.5 Å². The third kappa shape index (κ3) is 8.42. The monoisotopic (exact) mass is 443 g/mol. The molecule has 170 valence electrons. The summed E-state index contributed by atoms with van der Waals surface area (Å²) in [6.07, 6.45) is 3.24. The summed E-state index contributed by atoms with van der Waals surface area (Å²) >= 11 is 0. The first-order valence-electron chi connectivity index (χ1n) is 10.0. The summed E-state index contributed by atoms with van der Waals surface area (Å²) in [4.78, 5) is 46.4. The van der Waals surface area contributed by atoms with Gasteiger partial charge in [0.05, 0.1) is 12.1 Å². The number of alkyl carbamates (subject to hydrolysis) is 1. The zero-order valence-corrected chi connectivity index (χ0v) is 17.9. The van der Waals surface area contributed by atoms with Crippen molar-refractivity contribution in [1.29, 1.82) is 0 Å². The van der Waals surface area contributed by atoms with Gasteiger partial charge in [0.25, 0.3) is 12.6 Å². The fourth-order valence-electron chi connectivity index (χ4n) is 2.71. The van der Waals surface area contributed by atoms with Gasteiger partial charge in [-0.2, -0.15) is 4.57 Å². The zero-order chi connectivity index (χ0) is 23.5. The second kappa shape index (κ2) is 12.0. The van der Waals surface area contributed by atoms with Crippen molar-refractivity contribution in [3.05, 3.63) is 66.0 Å². The number of hydrogen-bond donors (Lipinski definition) is 4. The molecule has 0 aliphatic carbocycles. The highest BCUT2D eigenvalue weighted by Gasteiger charge is 2.16. The van der Waals surface area contributed by atoms with Crippen LogP contribution in [0.3, 0.4) is 0 Å². The van der Waals surface area contributed by atoms with Crippen LogP contribution in [0.15, 0.2) is 54.9 Å². The topological polar surface area (TPSA) is 138 Å². The second-order valence-electron chi connectivity index (χ2n) is 7.21. The highest BCUT2D eigenvalue weighted by molar-refractivity contribution is 5.96. The van der Waals surface area contributed by atoms with Crippen molar-refractivity contribution in [1.82, 2.24) is 16.0 Å². The van der Waals surface area contributed by atoms with Crippen LogP contribution in [-0.2, 0) is 27.5 Å². The number of rotatable bonds is 10. The highest BCUT2D eigenvalue weighted by Crippen LogP contribution is 2.03. The molecule has 0 radical (unpaired) electrons. The lowest BCUT2D eigenvalue weighted by molar-refractivity contribution is -0.727. The molecule has 0 fully saturated rings. The Morgan fingerprint density at radius 2 is 1.66 bits per heavy atom. The molecule has 0 saturated carbocycles. The van der Waals surface area contributed by atoms with Crippen molar-refractivity contribution in [2.45, 2.75) is 39.1 Å². The molecule has 2 rings (SSSR count). The summed E-state index contributed by atoms with van der Waals surface area (Å²) < 4.78 is 6.75. The van der Waals surface area contributed by atoms with Crippen molar-refractivity contribution in [2.24, 2.45) is 0 Å². The van der Waals surface area contributed by atoms with Crippen molar-refractivity contribution < 1.29 is 33.6 Å². The van der Waals surface area contributed by atoms with Gasteiger partial charge in [0.15, 0.2) is 12.4 Å². The minimum absolute atomic E-state index is 0.0404. The van der Waals surface area contributed by atoms with E-state index >= 15 is 0 Å². The number of aliphatic carboxylic acids is 1. The molecule has 3 amide bonds.